The zero-order chi connectivity index (χ0) is 16.7. The van der Waals surface area contributed by atoms with Crippen LogP contribution in [0.4, 0.5) is 0 Å². The summed E-state index contributed by atoms with van der Waals surface area (Å²) >= 11 is 3.41. The lowest BCUT2D eigenvalue weighted by molar-refractivity contribution is -0.121. The lowest BCUT2D eigenvalue weighted by Crippen LogP contribution is -2.41. The second-order valence-corrected chi connectivity index (χ2v) is 5.69. The van der Waals surface area contributed by atoms with E-state index in [1.807, 2.05) is 24.3 Å². The number of carbonyl (C=O) groups is 2. The summed E-state index contributed by atoms with van der Waals surface area (Å²) in [6, 6.07) is 14.4. The molecule has 0 spiro atoms. The number of hydrogen-bond donors (Lipinski definition) is 2. The van der Waals surface area contributed by atoms with Crippen LogP contribution in [-0.4, -0.2) is 18.9 Å². The van der Waals surface area contributed by atoms with Gasteiger partial charge in [-0.15, -0.1) is 0 Å². The number of aryl methyl sites for hydroxylation is 1. The van der Waals surface area contributed by atoms with E-state index < -0.39 is 0 Å². The maximum Gasteiger partial charge on any atom is 0.269 e. The largest absolute Gasteiger partial charge is 0.496 e. The Kier molecular flexibility index (Phi) is 6.17. The van der Waals surface area contributed by atoms with Gasteiger partial charge in [-0.25, -0.2) is 0 Å². The van der Waals surface area contributed by atoms with Gasteiger partial charge in [-0.2, -0.15) is 0 Å². The van der Waals surface area contributed by atoms with Crippen molar-refractivity contribution in [2.75, 3.05) is 7.11 Å². The van der Waals surface area contributed by atoms with Crippen molar-refractivity contribution in [2.45, 2.75) is 12.8 Å². The molecule has 2 aromatic rings. The summed E-state index contributed by atoms with van der Waals surface area (Å²) < 4.78 is 6.00. The van der Waals surface area contributed by atoms with Gasteiger partial charge in [-0.1, -0.05) is 24.3 Å². The molecule has 0 radical (unpaired) electrons. The van der Waals surface area contributed by atoms with E-state index in [0.29, 0.717) is 12.0 Å². The standard InChI is InChI=1S/C17H17BrN2O3/c1-23-15-9-7-12(11-14(15)18)8-10-16(21)19-20-17(22)13-5-3-2-4-6-13/h2-7,9,11H,8,10H2,1H3,(H,19,21)(H,20,22). The van der Waals surface area contributed by atoms with Crippen molar-refractivity contribution in [2.24, 2.45) is 0 Å². The van der Waals surface area contributed by atoms with Crippen LogP contribution in [0.25, 0.3) is 0 Å². The fourth-order valence-corrected chi connectivity index (χ4v) is 2.56. The average molecular weight is 377 g/mol. The number of ether oxygens (including phenoxy) is 1. The summed E-state index contributed by atoms with van der Waals surface area (Å²) in [5.41, 5.74) is 6.30. The van der Waals surface area contributed by atoms with Crippen molar-refractivity contribution >= 4 is 27.7 Å². The molecule has 0 fully saturated rings. The molecule has 0 bridgehead atoms. The quantitative estimate of drug-likeness (QED) is 0.788. The SMILES string of the molecule is COc1ccc(CCC(=O)NNC(=O)c2ccccc2)cc1Br. The summed E-state index contributed by atoms with van der Waals surface area (Å²) in [5.74, 6) is 0.153. The van der Waals surface area contributed by atoms with Crippen LogP contribution in [0, 0.1) is 0 Å². The number of amides is 2. The minimum Gasteiger partial charge on any atom is -0.496 e. The lowest BCUT2D eigenvalue weighted by Gasteiger charge is -2.08. The predicted molar refractivity (Wildman–Crippen MR) is 91.1 cm³/mol. The van der Waals surface area contributed by atoms with E-state index in [4.69, 9.17) is 4.74 Å². The molecule has 2 N–H and O–H groups in total. The fraction of sp³-hybridized carbons (Fsp3) is 0.176. The highest BCUT2D eigenvalue weighted by Crippen LogP contribution is 2.25. The number of methoxy groups -OCH3 is 1. The van der Waals surface area contributed by atoms with Crippen molar-refractivity contribution in [3.8, 4) is 5.75 Å². The van der Waals surface area contributed by atoms with Gasteiger partial charge in [-0.3, -0.25) is 20.4 Å². The van der Waals surface area contributed by atoms with Gasteiger partial charge < -0.3 is 4.74 Å². The molecule has 0 saturated carbocycles. The number of benzene rings is 2. The van der Waals surface area contributed by atoms with Gasteiger partial charge in [0.15, 0.2) is 0 Å². The Hall–Kier alpha value is -2.34. The van der Waals surface area contributed by atoms with Crippen LogP contribution in [-0.2, 0) is 11.2 Å². The van der Waals surface area contributed by atoms with Crippen LogP contribution >= 0.6 is 15.9 Å². The molecule has 2 aromatic carbocycles. The Balaban J connectivity index is 1.79. The first-order chi connectivity index (χ1) is 11.1. The Morgan fingerprint density at radius 2 is 1.83 bits per heavy atom. The van der Waals surface area contributed by atoms with Crippen LogP contribution in [0.1, 0.15) is 22.3 Å². The first-order valence-electron chi connectivity index (χ1n) is 7.07. The zero-order valence-corrected chi connectivity index (χ0v) is 14.2. The number of nitrogens with one attached hydrogen (secondary N) is 2. The van der Waals surface area contributed by atoms with E-state index in [9.17, 15) is 9.59 Å². The van der Waals surface area contributed by atoms with Crippen LogP contribution < -0.4 is 15.6 Å². The Labute approximate surface area is 143 Å². The molecule has 5 nitrogen and oxygen atoms in total. The molecule has 0 saturated heterocycles. The molecular weight excluding hydrogens is 360 g/mol. The molecule has 2 amide bonds. The van der Waals surface area contributed by atoms with E-state index in [1.165, 1.54) is 0 Å². The highest BCUT2D eigenvalue weighted by Gasteiger charge is 2.08. The summed E-state index contributed by atoms with van der Waals surface area (Å²) in [6.07, 6.45) is 0.837. The van der Waals surface area contributed by atoms with E-state index in [0.717, 1.165) is 15.8 Å². The Bertz CT molecular complexity index is 689. The summed E-state index contributed by atoms with van der Waals surface area (Å²) in [5, 5.41) is 0. The van der Waals surface area contributed by atoms with Crippen molar-refractivity contribution in [3.05, 3.63) is 64.1 Å². The average Bonchev–Trinajstić information content (AvgIpc) is 2.58. The third kappa shape index (κ3) is 5.10. The summed E-state index contributed by atoms with van der Waals surface area (Å²) in [4.78, 5) is 23.6. The van der Waals surface area contributed by atoms with Crippen LogP contribution in [0.2, 0.25) is 0 Å². The molecule has 0 unspecified atom stereocenters. The first kappa shape index (κ1) is 17.0. The van der Waals surface area contributed by atoms with Gasteiger partial charge in [0, 0.05) is 12.0 Å². The fourth-order valence-electron chi connectivity index (χ4n) is 1.97. The van der Waals surface area contributed by atoms with Crippen LogP contribution in [0.3, 0.4) is 0 Å². The van der Waals surface area contributed by atoms with Crippen molar-refractivity contribution in [1.82, 2.24) is 10.9 Å². The molecule has 0 atom stereocenters. The molecule has 23 heavy (non-hydrogen) atoms. The molecule has 0 aromatic heterocycles. The van der Waals surface area contributed by atoms with Crippen LogP contribution in [0.5, 0.6) is 5.75 Å². The van der Waals surface area contributed by atoms with E-state index in [2.05, 4.69) is 26.8 Å². The first-order valence-corrected chi connectivity index (χ1v) is 7.86. The molecule has 0 aliphatic heterocycles. The van der Waals surface area contributed by atoms with Crippen molar-refractivity contribution in [3.63, 3.8) is 0 Å². The molecule has 0 heterocycles. The highest BCUT2D eigenvalue weighted by atomic mass is 79.9. The molecule has 2 rings (SSSR count). The van der Waals surface area contributed by atoms with Gasteiger partial charge in [0.2, 0.25) is 5.91 Å². The van der Waals surface area contributed by atoms with Gasteiger partial charge in [0.05, 0.1) is 11.6 Å². The smallest absolute Gasteiger partial charge is 0.269 e. The normalized spacial score (nSPS) is 10.0. The zero-order valence-electron chi connectivity index (χ0n) is 12.6. The highest BCUT2D eigenvalue weighted by molar-refractivity contribution is 9.10. The second kappa shape index (κ2) is 8.33. The summed E-state index contributed by atoms with van der Waals surface area (Å²) in [6.45, 7) is 0. The van der Waals surface area contributed by atoms with Crippen LogP contribution in [0.15, 0.2) is 53.0 Å². The maximum absolute atomic E-state index is 11.8. The number of halogens is 1. The minimum absolute atomic E-state index is 0.249. The van der Waals surface area contributed by atoms with Gasteiger partial charge >= 0.3 is 0 Å². The molecular formula is C17H17BrN2O3. The number of carbonyl (C=O) groups excluding carboxylic acids is 2. The van der Waals surface area contributed by atoms with E-state index in [1.54, 1.807) is 31.4 Å². The minimum atomic E-state index is -0.342. The van der Waals surface area contributed by atoms with Gasteiger partial charge in [-0.05, 0) is 52.2 Å². The van der Waals surface area contributed by atoms with Crippen molar-refractivity contribution < 1.29 is 14.3 Å². The Morgan fingerprint density at radius 1 is 1.09 bits per heavy atom. The maximum atomic E-state index is 11.8. The third-order valence-electron chi connectivity index (χ3n) is 3.21. The number of rotatable bonds is 5. The van der Waals surface area contributed by atoms with Gasteiger partial charge in [0.25, 0.3) is 5.91 Å². The van der Waals surface area contributed by atoms with Crippen molar-refractivity contribution in [1.29, 1.82) is 0 Å². The molecule has 120 valence electrons. The van der Waals surface area contributed by atoms with Gasteiger partial charge in [0.1, 0.15) is 5.75 Å². The predicted octanol–water partition coefficient (Wildman–Crippen LogP) is 2.85. The number of hydrazine groups is 1. The second-order valence-electron chi connectivity index (χ2n) is 4.84. The Morgan fingerprint density at radius 3 is 2.48 bits per heavy atom. The summed E-state index contributed by atoms with van der Waals surface area (Å²) in [7, 11) is 1.60. The molecule has 0 aliphatic carbocycles. The topological polar surface area (TPSA) is 67.4 Å². The molecule has 0 aliphatic rings. The van der Waals surface area contributed by atoms with E-state index in [-0.39, 0.29) is 18.2 Å². The number of hydrogen-bond acceptors (Lipinski definition) is 3. The molecule has 6 heteroatoms. The van der Waals surface area contributed by atoms with E-state index >= 15 is 0 Å². The third-order valence-corrected chi connectivity index (χ3v) is 3.83. The lowest BCUT2D eigenvalue weighted by atomic mass is 10.1. The monoisotopic (exact) mass is 376 g/mol.